The predicted octanol–water partition coefficient (Wildman–Crippen LogP) is 6.99. The van der Waals surface area contributed by atoms with Gasteiger partial charge in [-0.15, -0.1) is 13.2 Å². The fourth-order valence-corrected chi connectivity index (χ4v) is 1.81. The molecule has 0 spiro atoms. The van der Waals surface area contributed by atoms with Gasteiger partial charge in [0.05, 0.1) is 0 Å². The molecule has 0 nitrogen and oxygen atoms in total. The Morgan fingerprint density at radius 2 is 0.667 bits per heavy atom. The zero-order valence-electron chi connectivity index (χ0n) is 15.1. The molecule has 126 valence electrons. The smallest absolute Gasteiger partial charge is 0.0307 e. The third-order valence-corrected chi connectivity index (χ3v) is 3.17. The van der Waals surface area contributed by atoms with E-state index in [-0.39, 0.29) is 0 Å². The fraction of sp³-hybridized carbons (Fsp3) is 0.167. The van der Waals surface area contributed by atoms with Gasteiger partial charge in [0.2, 0.25) is 0 Å². The van der Waals surface area contributed by atoms with Gasteiger partial charge in [0.15, 0.2) is 0 Å². The minimum absolute atomic E-state index is 1.14. The molecule has 0 aromatic heterocycles. The molecular weight excluding hydrogens is 288 g/mol. The molecule has 3 aromatic rings. The van der Waals surface area contributed by atoms with E-state index in [0.29, 0.717) is 0 Å². The molecule has 0 fully saturated rings. The van der Waals surface area contributed by atoms with Gasteiger partial charge in [-0.3, -0.25) is 0 Å². The van der Waals surface area contributed by atoms with Gasteiger partial charge in [0.1, 0.15) is 0 Å². The normalized spacial score (nSPS) is 8.25. The predicted molar refractivity (Wildman–Crippen MR) is 109 cm³/mol. The van der Waals surface area contributed by atoms with Gasteiger partial charge in [-0.1, -0.05) is 111 Å². The lowest BCUT2D eigenvalue weighted by atomic mass is 10.2. The summed E-state index contributed by atoms with van der Waals surface area (Å²) in [5, 5.41) is 0. The Hall–Kier alpha value is -2.60. The van der Waals surface area contributed by atoms with Crippen LogP contribution in [0.4, 0.5) is 0 Å². The van der Waals surface area contributed by atoms with Gasteiger partial charge in [0.25, 0.3) is 0 Å². The van der Waals surface area contributed by atoms with E-state index >= 15 is 0 Å². The molecule has 24 heavy (non-hydrogen) atoms. The molecule has 0 N–H and O–H groups in total. The third-order valence-electron chi connectivity index (χ3n) is 3.17. The average molecular weight is 319 g/mol. The first-order chi connectivity index (χ1) is 11.9. The van der Waals surface area contributed by atoms with E-state index in [2.05, 4.69) is 75.5 Å². The number of aryl methyl sites for hydroxylation is 2. The number of benzene rings is 3. The molecule has 0 heterocycles. The summed E-state index contributed by atoms with van der Waals surface area (Å²) in [6.45, 7) is 10.3. The number of hydrogen-bond acceptors (Lipinski definition) is 0. The van der Waals surface area contributed by atoms with Crippen LogP contribution in [-0.4, -0.2) is 0 Å². The summed E-state index contributed by atoms with van der Waals surface area (Å²) >= 11 is 0. The Balaban J connectivity index is 0.000000317. The summed E-state index contributed by atoms with van der Waals surface area (Å²) in [6, 6.07) is 32.9. The maximum absolute atomic E-state index is 3.00. The zero-order chi connectivity index (χ0) is 17.9. The van der Waals surface area contributed by atoms with Gasteiger partial charge in [-0.25, -0.2) is 0 Å². The van der Waals surface area contributed by atoms with Crippen LogP contribution in [0.2, 0.25) is 0 Å². The molecule has 0 aliphatic rings. The monoisotopic (exact) mass is 318 g/mol. The molecule has 0 radical (unpaired) electrons. The van der Waals surface area contributed by atoms with Crippen molar-refractivity contribution >= 4 is 0 Å². The topological polar surface area (TPSA) is 0 Å². The maximum atomic E-state index is 3.00. The highest BCUT2D eigenvalue weighted by atomic mass is 13.9. The van der Waals surface area contributed by atoms with Crippen molar-refractivity contribution in [2.45, 2.75) is 26.7 Å². The van der Waals surface area contributed by atoms with E-state index in [4.69, 9.17) is 0 Å². The van der Waals surface area contributed by atoms with Gasteiger partial charge < -0.3 is 0 Å². The summed E-state index contributed by atoms with van der Waals surface area (Å²) in [7, 11) is 0. The zero-order valence-corrected chi connectivity index (χ0v) is 15.1. The van der Waals surface area contributed by atoms with E-state index in [0.717, 1.165) is 12.8 Å². The quantitative estimate of drug-likeness (QED) is 0.447. The van der Waals surface area contributed by atoms with E-state index in [1.807, 2.05) is 48.5 Å². The molecule has 0 bridgehead atoms. The highest BCUT2D eigenvalue weighted by Crippen LogP contribution is 1.97. The van der Waals surface area contributed by atoms with E-state index in [9.17, 15) is 0 Å². The van der Waals surface area contributed by atoms with Crippen molar-refractivity contribution in [3.05, 3.63) is 121 Å². The van der Waals surface area contributed by atoms with Gasteiger partial charge in [-0.2, -0.15) is 0 Å². The lowest BCUT2D eigenvalue weighted by Gasteiger charge is -1.89. The summed E-state index contributed by atoms with van der Waals surface area (Å²) in [4.78, 5) is 0. The Labute approximate surface area is 148 Å². The summed E-state index contributed by atoms with van der Waals surface area (Å²) in [5.74, 6) is 0. The van der Waals surface area contributed by atoms with E-state index in [1.165, 1.54) is 11.1 Å². The van der Waals surface area contributed by atoms with Crippen LogP contribution in [0, 0.1) is 0 Å². The Morgan fingerprint density at radius 3 is 0.833 bits per heavy atom. The Morgan fingerprint density at radius 1 is 0.458 bits per heavy atom. The molecule has 3 aromatic carbocycles. The van der Waals surface area contributed by atoms with Crippen molar-refractivity contribution in [3.63, 3.8) is 0 Å². The molecule has 3 rings (SSSR count). The first-order valence-corrected chi connectivity index (χ1v) is 8.44. The fourth-order valence-electron chi connectivity index (χ4n) is 1.81. The molecule has 0 saturated carbocycles. The Bertz CT molecular complexity index is 504. The van der Waals surface area contributed by atoms with E-state index in [1.54, 1.807) is 0 Å². The SMILES string of the molecule is C=C.CCc1ccccc1.CCc1ccccc1.c1ccccc1. The van der Waals surface area contributed by atoms with Crippen molar-refractivity contribution in [1.82, 2.24) is 0 Å². The van der Waals surface area contributed by atoms with Crippen LogP contribution in [0.1, 0.15) is 25.0 Å². The summed E-state index contributed by atoms with van der Waals surface area (Å²) in [6.07, 6.45) is 2.28. The summed E-state index contributed by atoms with van der Waals surface area (Å²) < 4.78 is 0. The highest BCUT2D eigenvalue weighted by molar-refractivity contribution is 5.14. The molecule has 0 atom stereocenters. The first-order valence-electron chi connectivity index (χ1n) is 8.44. The minimum atomic E-state index is 1.14. The van der Waals surface area contributed by atoms with Crippen LogP contribution in [0.3, 0.4) is 0 Å². The largest absolute Gasteiger partial charge is 0.106 e. The van der Waals surface area contributed by atoms with Crippen LogP contribution in [0.25, 0.3) is 0 Å². The second kappa shape index (κ2) is 16.8. The van der Waals surface area contributed by atoms with Crippen LogP contribution in [0.5, 0.6) is 0 Å². The van der Waals surface area contributed by atoms with Crippen molar-refractivity contribution in [3.8, 4) is 0 Å². The van der Waals surface area contributed by atoms with Crippen molar-refractivity contribution in [1.29, 1.82) is 0 Å². The van der Waals surface area contributed by atoms with Gasteiger partial charge in [0, 0.05) is 0 Å². The van der Waals surface area contributed by atoms with Crippen molar-refractivity contribution in [2.24, 2.45) is 0 Å². The number of hydrogen-bond donors (Lipinski definition) is 0. The maximum Gasteiger partial charge on any atom is -0.0307 e. The van der Waals surface area contributed by atoms with Crippen molar-refractivity contribution < 1.29 is 0 Å². The second-order valence-electron chi connectivity index (χ2n) is 4.83. The Kier molecular flexibility index (Phi) is 14.9. The average Bonchev–Trinajstić information content (AvgIpc) is 2.73. The van der Waals surface area contributed by atoms with Gasteiger partial charge >= 0.3 is 0 Å². The molecule has 0 heteroatoms. The molecular formula is C24H30. The first kappa shape index (κ1) is 21.4. The second-order valence-corrected chi connectivity index (χ2v) is 4.83. The minimum Gasteiger partial charge on any atom is -0.106 e. The van der Waals surface area contributed by atoms with Gasteiger partial charge in [-0.05, 0) is 24.0 Å². The van der Waals surface area contributed by atoms with Crippen molar-refractivity contribution in [2.75, 3.05) is 0 Å². The lowest BCUT2D eigenvalue weighted by Crippen LogP contribution is -1.73. The van der Waals surface area contributed by atoms with Crippen LogP contribution < -0.4 is 0 Å². The third kappa shape index (κ3) is 12.0. The lowest BCUT2D eigenvalue weighted by molar-refractivity contribution is 1.14. The number of rotatable bonds is 2. The molecule has 0 unspecified atom stereocenters. The van der Waals surface area contributed by atoms with Crippen LogP contribution in [0.15, 0.2) is 110 Å². The van der Waals surface area contributed by atoms with E-state index < -0.39 is 0 Å². The molecule has 0 amide bonds. The molecule has 0 saturated heterocycles. The van der Waals surface area contributed by atoms with Crippen LogP contribution in [-0.2, 0) is 12.8 Å². The molecule has 0 aliphatic heterocycles. The molecule has 0 aliphatic carbocycles. The standard InChI is InChI=1S/2C8H10.C6H6.C2H4/c2*1-2-8-6-4-3-5-7-8;1-2-4-6-5-3-1;1-2/h2*3-7H,2H2,1H3;1-6H;1-2H2. The highest BCUT2D eigenvalue weighted by Gasteiger charge is 1.80. The summed E-state index contributed by atoms with van der Waals surface area (Å²) in [5.41, 5.74) is 2.82. The van der Waals surface area contributed by atoms with Crippen LogP contribution >= 0.6 is 0 Å².